The molecule has 326 valence electrons. The van der Waals surface area contributed by atoms with E-state index in [4.69, 9.17) is 14.4 Å². The number of hydrogen-bond donors (Lipinski definition) is 0. The van der Waals surface area contributed by atoms with Gasteiger partial charge in [0, 0.05) is 27.5 Å². The maximum atomic E-state index is 6.18. The lowest BCUT2D eigenvalue weighted by atomic mass is 9.67. The van der Waals surface area contributed by atoms with E-state index in [0.717, 1.165) is 72.3 Å². The van der Waals surface area contributed by atoms with Gasteiger partial charge in [0.05, 0.1) is 16.8 Å². The lowest BCUT2D eigenvalue weighted by Crippen LogP contribution is -2.28. The lowest BCUT2D eigenvalue weighted by molar-refractivity contribution is 0.669. The molecule has 0 amide bonds. The summed E-state index contributed by atoms with van der Waals surface area (Å²) in [5.74, 6) is 0.669. The Morgan fingerprint density at radius 3 is 1.60 bits per heavy atom. The molecule has 13 aromatic rings. The molecule has 3 nitrogen and oxygen atoms in total. The maximum absolute atomic E-state index is 6.18. The Kier molecular flexibility index (Phi) is 9.11. The van der Waals surface area contributed by atoms with Gasteiger partial charge in [0.2, 0.25) is 0 Å². The van der Waals surface area contributed by atoms with Crippen LogP contribution in [-0.4, -0.2) is 9.97 Å². The van der Waals surface area contributed by atoms with Gasteiger partial charge >= 0.3 is 0 Å². The second-order valence-corrected chi connectivity index (χ2v) is 18.4. The number of aromatic nitrogens is 2. The van der Waals surface area contributed by atoms with Gasteiger partial charge < -0.3 is 4.42 Å². The Hall–Kier alpha value is -9.18. The average molecular weight is 891 g/mol. The van der Waals surface area contributed by atoms with Crippen LogP contribution in [0.5, 0.6) is 0 Å². The molecule has 0 fully saturated rings. The minimum Gasteiger partial charge on any atom is -0.456 e. The van der Waals surface area contributed by atoms with E-state index in [2.05, 4.69) is 243 Å². The monoisotopic (exact) mass is 890 g/mol. The Labute approximate surface area is 405 Å². The van der Waals surface area contributed by atoms with Crippen molar-refractivity contribution in [2.45, 2.75) is 5.41 Å². The van der Waals surface area contributed by atoms with E-state index in [9.17, 15) is 0 Å². The highest BCUT2D eigenvalue weighted by molar-refractivity contribution is 6.15. The lowest BCUT2D eigenvalue weighted by Gasteiger charge is -2.34. The standard InChI is InChI=1S/C67H42N2O/c1-3-18-48(19-4-1)67(49-20-5-2-6-21-49)60-29-15-13-26-54(60)55-37-35-47(41-61(55)67)63-42-62(44-33-31-43(32-34-44)45-36-38-65-59(39-45)56-27-14-16-30-64(56)70-65)68-66(69-63)57-28-12-11-25-53(57)58-40-46-17-7-8-22-50(46)51-23-9-10-24-52(51)58/h1-42H. The highest BCUT2D eigenvalue weighted by Gasteiger charge is 2.46. The van der Waals surface area contributed by atoms with Gasteiger partial charge in [-0.3, -0.25) is 0 Å². The molecule has 3 heteroatoms. The molecule has 0 atom stereocenters. The third-order valence-corrected chi connectivity index (χ3v) is 14.6. The molecular formula is C67H42N2O. The Bertz CT molecular complexity index is 4130. The molecule has 0 unspecified atom stereocenters. The van der Waals surface area contributed by atoms with Crippen LogP contribution in [0.4, 0.5) is 0 Å². The van der Waals surface area contributed by atoms with Crippen molar-refractivity contribution in [1.82, 2.24) is 9.97 Å². The van der Waals surface area contributed by atoms with Crippen molar-refractivity contribution >= 4 is 43.5 Å². The molecule has 0 spiro atoms. The first-order chi connectivity index (χ1) is 34.7. The fourth-order valence-corrected chi connectivity index (χ4v) is 11.4. The van der Waals surface area contributed by atoms with Crippen molar-refractivity contribution in [3.8, 4) is 67.3 Å². The first kappa shape index (κ1) is 39.9. The van der Waals surface area contributed by atoms with Crippen LogP contribution >= 0.6 is 0 Å². The van der Waals surface area contributed by atoms with Gasteiger partial charge in [0.15, 0.2) is 5.82 Å². The van der Waals surface area contributed by atoms with Gasteiger partial charge in [0.1, 0.15) is 11.2 Å². The molecule has 1 aliphatic rings. The Morgan fingerprint density at radius 1 is 0.286 bits per heavy atom. The number of fused-ring (bicyclic) bond motifs is 9. The van der Waals surface area contributed by atoms with E-state index in [0.29, 0.717) is 5.82 Å². The van der Waals surface area contributed by atoms with E-state index in [1.165, 1.54) is 54.9 Å². The van der Waals surface area contributed by atoms with Crippen molar-refractivity contribution in [3.63, 3.8) is 0 Å². The van der Waals surface area contributed by atoms with E-state index in [1.54, 1.807) is 0 Å². The van der Waals surface area contributed by atoms with Crippen molar-refractivity contribution < 1.29 is 4.42 Å². The van der Waals surface area contributed by atoms with E-state index in [1.807, 2.05) is 12.1 Å². The zero-order valence-electron chi connectivity index (χ0n) is 38.1. The average Bonchev–Trinajstić information content (AvgIpc) is 3.96. The summed E-state index contributed by atoms with van der Waals surface area (Å²) in [6.45, 7) is 0. The zero-order chi connectivity index (χ0) is 46.2. The number of para-hydroxylation sites is 1. The summed E-state index contributed by atoms with van der Waals surface area (Å²) in [4.78, 5) is 11.1. The molecule has 0 radical (unpaired) electrons. The van der Waals surface area contributed by atoms with Crippen LogP contribution in [0.1, 0.15) is 22.3 Å². The largest absolute Gasteiger partial charge is 0.456 e. The predicted molar refractivity (Wildman–Crippen MR) is 289 cm³/mol. The van der Waals surface area contributed by atoms with Gasteiger partial charge in [-0.25, -0.2) is 9.97 Å². The molecule has 0 aliphatic heterocycles. The number of benzene rings is 11. The molecule has 14 rings (SSSR count). The number of furan rings is 1. The number of hydrogen-bond acceptors (Lipinski definition) is 3. The van der Waals surface area contributed by atoms with Crippen LogP contribution in [0, 0.1) is 0 Å². The SMILES string of the molecule is c1ccc(C2(c3ccccc3)c3ccccc3-c3ccc(-c4cc(-c5ccc(-c6ccc7oc8ccccc8c7c6)cc5)nc(-c5ccccc5-c5cc6ccccc6c6ccccc56)n4)cc32)cc1. The molecule has 2 aromatic heterocycles. The highest BCUT2D eigenvalue weighted by Crippen LogP contribution is 2.57. The smallest absolute Gasteiger partial charge is 0.161 e. The van der Waals surface area contributed by atoms with Gasteiger partial charge in [-0.05, 0) is 114 Å². The van der Waals surface area contributed by atoms with Crippen LogP contribution in [0.25, 0.3) is 111 Å². The topological polar surface area (TPSA) is 38.9 Å². The fraction of sp³-hybridized carbons (Fsp3) is 0.0149. The Balaban J connectivity index is 0.975. The number of nitrogens with zero attached hydrogens (tertiary/aromatic N) is 2. The quantitative estimate of drug-likeness (QED) is 0.150. The molecule has 1 aliphatic carbocycles. The maximum Gasteiger partial charge on any atom is 0.161 e. The van der Waals surface area contributed by atoms with Crippen molar-refractivity contribution in [2.24, 2.45) is 0 Å². The second kappa shape index (κ2) is 16.0. The number of rotatable bonds is 7. The fourth-order valence-electron chi connectivity index (χ4n) is 11.4. The summed E-state index contributed by atoms with van der Waals surface area (Å²) in [5, 5.41) is 7.08. The van der Waals surface area contributed by atoms with E-state index < -0.39 is 5.41 Å². The van der Waals surface area contributed by atoms with Crippen LogP contribution < -0.4 is 0 Å². The van der Waals surface area contributed by atoms with Crippen molar-refractivity contribution in [3.05, 3.63) is 277 Å². The molecule has 0 N–H and O–H groups in total. The molecule has 0 bridgehead atoms. The minimum atomic E-state index is -0.547. The predicted octanol–water partition coefficient (Wildman–Crippen LogP) is 17.4. The first-order valence-electron chi connectivity index (χ1n) is 24.0. The van der Waals surface area contributed by atoms with Gasteiger partial charge in [-0.2, -0.15) is 0 Å². The Morgan fingerprint density at radius 2 is 0.829 bits per heavy atom. The van der Waals surface area contributed by atoms with Crippen LogP contribution in [0.3, 0.4) is 0 Å². The summed E-state index contributed by atoms with van der Waals surface area (Å²) in [5.41, 5.74) is 17.9. The van der Waals surface area contributed by atoms with Crippen LogP contribution in [0.15, 0.2) is 259 Å². The van der Waals surface area contributed by atoms with Crippen LogP contribution in [-0.2, 0) is 5.41 Å². The highest BCUT2D eigenvalue weighted by atomic mass is 16.3. The normalized spacial score (nSPS) is 12.7. The van der Waals surface area contributed by atoms with Gasteiger partial charge in [-0.15, -0.1) is 0 Å². The summed E-state index contributed by atoms with van der Waals surface area (Å²) >= 11 is 0. The molecule has 2 heterocycles. The minimum absolute atomic E-state index is 0.547. The van der Waals surface area contributed by atoms with Crippen molar-refractivity contribution in [2.75, 3.05) is 0 Å². The first-order valence-corrected chi connectivity index (χ1v) is 24.0. The summed E-state index contributed by atoms with van der Waals surface area (Å²) in [6, 6.07) is 91.8. The zero-order valence-corrected chi connectivity index (χ0v) is 38.1. The van der Waals surface area contributed by atoms with E-state index in [-0.39, 0.29) is 0 Å². The van der Waals surface area contributed by atoms with E-state index >= 15 is 0 Å². The third-order valence-electron chi connectivity index (χ3n) is 14.6. The molecule has 70 heavy (non-hydrogen) atoms. The summed E-state index contributed by atoms with van der Waals surface area (Å²) in [7, 11) is 0. The molecule has 0 saturated carbocycles. The van der Waals surface area contributed by atoms with Crippen molar-refractivity contribution in [1.29, 1.82) is 0 Å². The summed E-state index contributed by atoms with van der Waals surface area (Å²) < 4.78 is 6.18. The van der Waals surface area contributed by atoms with Gasteiger partial charge in [-0.1, -0.05) is 218 Å². The third kappa shape index (κ3) is 6.22. The molecule has 0 saturated heterocycles. The molecular weight excluding hydrogens is 849 g/mol. The summed E-state index contributed by atoms with van der Waals surface area (Å²) in [6.07, 6.45) is 0. The second-order valence-electron chi connectivity index (χ2n) is 18.4. The van der Waals surface area contributed by atoms with Crippen LogP contribution in [0.2, 0.25) is 0 Å². The molecule has 11 aromatic carbocycles. The van der Waals surface area contributed by atoms with Gasteiger partial charge in [0.25, 0.3) is 0 Å².